The molecule has 1 N–H and O–H groups in total. The van der Waals surface area contributed by atoms with Gasteiger partial charge in [-0.05, 0) is 36.8 Å². The number of carbonyl (C=O) groups excluding carboxylic acids is 3. The minimum Gasteiger partial charge on any atom is -0.378 e. The van der Waals surface area contributed by atoms with Crippen LogP contribution in [0.15, 0.2) is 53.9 Å². The van der Waals surface area contributed by atoms with Gasteiger partial charge in [0.05, 0.1) is 11.1 Å². The summed E-state index contributed by atoms with van der Waals surface area (Å²) in [5, 5.41) is 2.51. The van der Waals surface area contributed by atoms with E-state index in [2.05, 4.69) is 5.32 Å². The number of benzene rings is 1. The molecule has 1 heterocycles. The Bertz CT molecular complexity index is 863. The number of fused-ring (bicyclic) bond motifs is 1. The van der Waals surface area contributed by atoms with Crippen molar-refractivity contribution in [1.82, 2.24) is 15.1 Å². The maximum Gasteiger partial charge on any atom is 0.266 e. The van der Waals surface area contributed by atoms with E-state index in [0.717, 1.165) is 5.70 Å². The topological polar surface area (TPSA) is 69.7 Å². The van der Waals surface area contributed by atoms with Crippen molar-refractivity contribution in [1.29, 1.82) is 0 Å². The van der Waals surface area contributed by atoms with Crippen LogP contribution in [0.4, 0.5) is 0 Å². The number of likely N-dealkylation sites (N-methyl/N-ethyl adjacent to an activating group) is 1. The van der Waals surface area contributed by atoms with E-state index < -0.39 is 5.91 Å². The average molecular weight is 337 g/mol. The number of carbonyl (C=O) groups is 3. The van der Waals surface area contributed by atoms with Crippen molar-refractivity contribution >= 4 is 17.7 Å². The normalized spacial score (nSPS) is 16.2. The molecule has 0 saturated carbocycles. The van der Waals surface area contributed by atoms with Gasteiger partial charge in [-0.25, -0.2) is 4.90 Å². The van der Waals surface area contributed by atoms with Crippen molar-refractivity contribution in [3.63, 3.8) is 0 Å². The molecule has 0 spiro atoms. The number of amides is 3. The lowest BCUT2D eigenvalue weighted by atomic mass is 10.1. The van der Waals surface area contributed by atoms with Crippen LogP contribution >= 0.6 is 0 Å². The van der Waals surface area contributed by atoms with Crippen molar-refractivity contribution in [3.8, 4) is 0 Å². The van der Waals surface area contributed by atoms with Crippen LogP contribution in [0, 0.1) is 0 Å². The fourth-order valence-electron chi connectivity index (χ4n) is 2.87. The van der Waals surface area contributed by atoms with Gasteiger partial charge in [0.2, 0.25) is 0 Å². The van der Waals surface area contributed by atoms with Gasteiger partial charge in [0.25, 0.3) is 17.7 Å². The summed E-state index contributed by atoms with van der Waals surface area (Å²) in [5.74, 6) is -1.07. The van der Waals surface area contributed by atoms with E-state index in [1.54, 1.807) is 12.1 Å². The molecule has 0 aromatic heterocycles. The Hall–Kier alpha value is -3.15. The largest absolute Gasteiger partial charge is 0.378 e. The highest BCUT2D eigenvalue weighted by Gasteiger charge is 2.37. The summed E-state index contributed by atoms with van der Waals surface area (Å²) in [6, 6.07) is 4.55. The van der Waals surface area contributed by atoms with E-state index in [0.29, 0.717) is 23.2 Å². The maximum absolute atomic E-state index is 12.8. The number of nitrogens with zero attached hydrogens (tertiary/aromatic N) is 2. The first-order valence-corrected chi connectivity index (χ1v) is 7.94. The molecule has 2 aliphatic rings. The standard InChI is InChI=1S/C19H19N3O3/c1-20-17(23)12-7-10-15-16(11-12)19(25)22(18(15)24)14-6-4-5-13(8-9-14)21(2)3/h5-11H,4H2,1-3H3,(H,20,23). The smallest absolute Gasteiger partial charge is 0.266 e. The van der Waals surface area contributed by atoms with E-state index in [4.69, 9.17) is 0 Å². The highest BCUT2D eigenvalue weighted by molar-refractivity contribution is 6.23. The molecule has 6 heteroatoms. The minimum atomic E-state index is -0.407. The number of nitrogens with one attached hydrogen (secondary N) is 1. The monoisotopic (exact) mass is 337 g/mol. The van der Waals surface area contributed by atoms with Crippen LogP contribution in [0.3, 0.4) is 0 Å². The zero-order valence-electron chi connectivity index (χ0n) is 14.4. The Labute approximate surface area is 146 Å². The van der Waals surface area contributed by atoms with Gasteiger partial charge in [-0.2, -0.15) is 0 Å². The lowest BCUT2D eigenvalue weighted by Crippen LogP contribution is -2.28. The van der Waals surface area contributed by atoms with Crippen molar-refractivity contribution in [3.05, 3.63) is 70.6 Å². The predicted molar refractivity (Wildman–Crippen MR) is 93.9 cm³/mol. The van der Waals surface area contributed by atoms with Gasteiger partial charge in [0, 0.05) is 38.1 Å². The number of rotatable bonds is 3. The molecule has 0 unspecified atom stereocenters. The van der Waals surface area contributed by atoms with E-state index in [1.807, 2.05) is 37.2 Å². The zero-order valence-corrected chi connectivity index (χ0v) is 14.4. The Morgan fingerprint density at radius 2 is 1.80 bits per heavy atom. The molecule has 0 radical (unpaired) electrons. The molecular formula is C19H19N3O3. The van der Waals surface area contributed by atoms with Crippen LogP contribution in [0.25, 0.3) is 0 Å². The van der Waals surface area contributed by atoms with Crippen LogP contribution in [0.1, 0.15) is 37.5 Å². The molecule has 0 fully saturated rings. The molecule has 25 heavy (non-hydrogen) atoms. The van der Waals surface area contributed by atoms with E-state index in [1.165, 1.54) is 24.1 Å². The zero-order chi connectivity index (χ0) is 18.1. The number of imide groups is 1. The SMILES string of the molecule is CNC(=O)c1ccc2c(c1)C(=O)N(C1=CCC=C(N(C)C)C=C1)C2=O. The first-order chi connectivity index (χ1) is 11.9. The fourth-order valence-corrected chi connectivity index (χ4v) is 2.87. The van der Waals surface area contributed by atoms with Crippen molar-refractivity contribution in [2.75, 3.05) is 21.1 Å². The summed E-state index contributed by atoms with van der Waals surface area (Å²) < 4.78 is 0. The summed E-state index contributed by atoms with van der Waals surface area (Å²) in [5.41, 5.74) is 2.47. The number of hydrogen-bond acceptors (Lipinski definition) is 4. The predicted octanol–water partition coefficient (Wildman–Crippen LogP) is 1.93. The second-order valence-corrected chi connectivity index (χ2v) is 6.01. The molecule has 1 aromatic carbocycles. The van der Waals surface area contributed by atoms with Crippen molar-refractivity contribution < 1.29 is 14.4 Å². The first-order valence-electron chi connectivity index (χ1n) is 7.94. The van der Waals surface area contributed by atoms with Crippen LogP contribution in [-0.2, 0) is 0 Å². The minimum absolute atomic E-state index is 0.255. The highest BCUT2D eigenvalue weighted by atomic mass is 16.2. The van der Waals surface area contributed by atoms with Crippen LogP contribution in [0.5, 0.6) is 0 Å². The summed E-state index contributed by atoms with van der Waals surface area (Å²) in [4.78, 5) is 40.4. The molecular weight excluding hydrogens is 318 g/mol. The second kappa shape index (κ2) is 6.39. The van der Waals surface area contributed by atoms with Crippen molar-refractivity contribution in [2.45, 2.75) is 6.42 Å². The first kappa shape index (κ1) is 16.7. The van der Waals surface area contributed by atoms with Gasteiger partial charge in [0.1, 0.15) is 0 Å². The summed E-state index contributed by atoms with van der Waals surface area (Å²) in [7, 11) is 5.39. The van der Waals surface area contributed by atoms with Gasteiger partial charge in [-0.1, -0.05) is 12.2 Å². The van der Waals surface area contributed by atoms with Gasteiger partial charge >= 0.3 is 0 Å². The van der Waals surface area contributed by atoms with Crippen LogP contribution < -0.4 is 5.32 Å². The lowest BCUT2D eigenvalue weighted by molar-refractivity contribution is 0.0709. The average Bonchev–Trinajstić information content (AvgIpc) is 2.77. The molecule has 0 atom stereocenters. The molecule has 6 nitrogen and oxygen atoms in total. The van der Waals surface area contributed by atoms with Crippen LogP contribution in [0.2, 0.25) is 0 Å². The van der Waals surface area contributed by atoms with Crippen LogP contribution in [-0.4, -0.2) is 48.7 Å². The Morgan fingerprint density at radius 3 is 2.48 bits per heavy atom. The molecule has 128 valence electrons. The van der Waals surface area contributed by atoms with E-state index >= 15 is 0 Å². The fraction of sp³-hybridized carbons (Fsp3) is 0.211. The van der Waals surface area contributed by atoms with Gasteiger partial charge in [0.15, 0.2) is 0 Å². The van der Waals surface area contributed by atoms with Gasteiger partial charge in [-0.15, -0.1) is 0 Å². The molecule has 0 saturated heterocycles. The quantitative estimate of drug-likeness (QED) is 0.856. The Kier molecular flexibility index (Phi) is 4.27. The van der Waals surface area contributed by atoms with Gasteiger partial charge in [-0.3, -0.25) is 14.4 Å². The molecule has 3 amide bonds. The number of hydrogen-bond donors (Lipinski definition) is 1. The third-order valence-electron chi connectivity index (χ3n) is 4.23. The van der Waals surface area contributed by atoms with E-state index in [-0.39, 0.29) is 17.4 Å². The maximum atomic E-state index is 12.8. The molecule has 1 aliphatic carbocycles. The Balaban J connectivity index is 1.94. The lowest BCUT2D eigenvalue weighted by Gasteiger charge is -2.15. The number of allylic oxidation sites excluding steroid dienone is 4. The molecule has 0 bridgehead atoms. The summed E-state index contributed by atoms with van der Waals surface area (Å²) in [6.45, 7) is 0. The third-order valence-corrected chi connectivity index (χ3v) is 4.23. The highest BCUT2D eigenvalue weighted by Crippen LogP contribution is 2.29. The third kappa shape index (κ3) is 2.87. The molecule has 1 aliphatic heterocycles. The summed E-state index contributed by atoms with van der Waals surface area (Å²) >= 11 is 0. The van der Waals surface area contributed by atoms with Gasteiger partial charge < -0.3 is 10.2 Å². The summed E-state index contributed by atoms with van der Waals surface area (Å²) in [6.07, 6.45) is 8.12. The second-order valence-electron chi connectivity index (χ2n) is 6.01. The Morgan fingerprint density at radius 1 is 1.08 bits per heavy atom. The van der Waals surface area contributed by atoms with E-state index in [9.17, 15) is 14.4 Å². The molecule has 3 rings (SSSR count). The van der Waals surface area contributed by atoms with Crippen molar-refractivity contribution in [2.24, 2.45) is 0 Å². The molecule has 1 aromatic rings.